The molecule has 0 saturated heterocycles. The van der Waals surface area contributed by atoms with Gasteiger partial charge in [0, 0.05) is 6.61 Å². The highest BCUT2D eigenvalue weighted by molar-refractivity contribution is 4.82. The minimum absolute atomic E-state index is 0.0564. The van der Waals surface area contributed by atoms with Crippen LogP contribution in [-0.4, -0.2) is 12.2 Å². The van der Waals surface area contributed by atoms with Crippen molar-refractivity contribution in [1.29, 1.82) is 0 Å². The van der Waals surface area contributed by atoms with Crippen molar-refractivity contribution in [2.45, 2.75) is 119 Å². The van der Waals surface area contributed by atoms with Gasteiger partial charge in [-0.25, -0.2) is 0 Å². The van der Waals surface area contributed by atoms with Crippen molar-refractivity contribution in [2.75, 3.05) is 6.61 Å². The molecule has 0 aromatic carbocycles. The molecule has 1 heteroatoms. The maximum absolute atomic E-state index is 6.29. The molecule has 0 amide bonds. The van der Waals surface area contributed by atoms with Gasteiger partial charge in [0.05, 0.1) is 5.60 Å². The molecule has 0 fully saturated rings. The third-order valence-electron chi connectivity index (χ3n) is 6.48. The molecule has 3 unspecified atom stereocenters. The molecule has 0 radical (unpaired) electrons. The molecule has 0 rings (SSSR count). The molecule has 1 nitrogen and oxygen atoms in total. The lowest BCUT2D eigenvalue weighted by Gasteiger charge is -2.36. The Morgan fingerprint density at radius 3 is 2.12 bits per heavy atom. The molecule has 0 aromatic rings. The van der Waals surface area contributed by atoms with Crippen LogP contribution < -0.4 is 0 Å². The first kappa shape index (κ1) is 25.7. The third-order valence-corrected chi connectivity index (χ3v) is 6.48. The normalized spacial score (nSPS) is 18.2. The summed E-state index contributed by atoms with van der Waals surface area (Å²) in [6.07, 6.45) is 13.5. The minimum atomic E-state index is 0.0564. The zero-order valence-electron chi connectivity index (χ0n) is 19.5. The predicted molar refractivity (Wildman–Crippen MR) is 119 cm³/mol. The summed E-state index contributed by atoms with van der Waals surface area (Å²) in [5.74, 6) is 2.09. The van der Waals surface area contributed by atoms with Crippen molar-refractivity contribution < 1.29 is 4.74 Å². The zero-order chi connectivity index (χ0) is 20.2. The smallest absolute Gasteiger partial charge is 0.0679 e. The quantitative estimate of drug-likeness (QED) is 0.249. The van der Waals surface area contributed by atoms with Crippen LogP contribution in [0.15, 0.2) is 12.7 Å². The van der Waals surface area contributed by atoms with Gasteiger partial charge < -0.3 is 4.74 Å². The first-order chi connectivity index (χ1) is 12.1. The van der Waals surface area contributed by atoms with Crippen LogP contribution in [0.5, 0.6) is 0 Å². The van der Waals surface area contributed by atoms with Gasteiger partial charge in [-0.2, -0.15) is 0 Å². The molecule has 0 bridgehead atoms. The van der Waals surface area contributed by atoms with E-state index in [1.165, 1.54) is 51.4 Å². The Morgan fingerprint density at radius 1 is 0.962 bits per heavy atom. The number of hydrogen-bond donors (Lipinski definition) is 0. The second-order valence-electron chi connectivity index (χ2n) is 9.94. The molecular formula is C25H50O. The van der Waals surface area contributed by atoms with Crippen LogP contribution in [-0.2, 0) is 4.74 Å². The van der Waals surface area contributed by atoms with Gasteiger partial charge in [0.1, 0.15) is 0 Å². The molecule has 0 N–H and O–H groups in total. The van der Waals surface area contributed by atoms with Gasteiger partial charge in [-0.05, 0) is 62.2 Å². The van der Waals surface area contributed by atoms with Crippen molar-refractivity contribution in [3.63, 3.8) is 0 Å². The topological polar surface area (TPSA) is 9.23 Å². The number of ether oxygens (including phenoxy) is 1. The van der Waals surface area contributed by atoms with Gasteiger partial charge in [-0.3, -0.25) is 0 Å². The molecule has 0 aliphatic rings. The van der Waals surface area contributed by atoms with E-state index in [-0.39, 0.29) is 5.60 Å². The Bertz CT molecular complexity index is 359. The van der Waals surface area contributed by atoms with Crippen molar-refractivity contribution in [3.8, 4) is 0 Å². The fourth-order valence-corrected chi connectivity index (χ4v) is 4.20. The van der Waals surface area contributed by atoms with Crippen LogP contribution in [0.4, 0.5) is 0 Å². The van der Waals surface area contributed by atoms with E-state index < -0.39 is 0 Å². The lowest BCUT2D eigenvalue weighted by molar-refractivity contribution is -0.0774. The first-order valence-corrected chi connectivity index (χ1v) is 11.4. The highest BCUT2D eigenvalue weighted by atomic mass is 16.5. The van der Waals surface area contributed by atoms with Gasteiger partial charge in [0.2, 0.25) is 0 Å². The zero-order valence-corrected chi connectivity index (χ0v) is 19.5. The standard InChI is InChI=1S/C25H50O/c1-10-19-26-25(9,23(6)12-3)18-14-16-22(5)20-24(7,8)17-13-15-21(4)11-2/h11,21-23H,2,10,12-20H2,1,3-9H3/t21?,22-,23?,25?/m0/s1. The second kappa shape index (κ2) is 13.0. The van der Waals surface area contributed by atoms with Crippen LogP contribution in [0, 0.1) is 23.2 Å². The summed E-state index contributed by atoms with van der Waals surface area (Å²) < 4.78 is 6.29. The molecule has 26 heavy (non-hydrogen) atoms. The molecule has 4 atom stereocenters. The summed E-state index contributed by atoms with van der Waals surface area (Å²) >= 11 is 0. The average Bonchev–Trinajstić information content (AvgIpc) is 2.58. The van der Waals surface area contributed by atoms with E-state index in [2.05, 4.69) is 68.0 Å². The van der Waals surface area contributed by atoms with E-state index in [9.17, 15) is 0 Å². The SMILES string of the molecule is C=CC(C)CCCC(C)(C)C[C@@H](C)CCCC(C)(OCCC)C(C)CC. The molecule has 156 valence electrons. The highest BCUT2D eigenvalue weighted by Gasteiger charge is 2.30. The minimum Gasteiger partial charge on any atom is -0.375 e. The van der Waals surface area contributed by atoms with Crippen molar-refractivity contribution in [1.82, 2.24) is 0 Å². The van der Waals surface area contributed by atoms with Gasteiger partial charge in [-0.1, -0.05) is 80.2 Å². The fourth-order valence-electron chi connectivity index (χ4n) is 4.20. The molecule has 0 saturated carbocycles. The van der Waals surface area contributed by atoms with E-state index >= 15 is 0 Å². The van der Waals surface area contributed by atoms with Gasteiger partial charge >= 0.3 is 0 Å². The highest BCUT2D eigenvalue weighted by Crippen LogP contribution is 2.35. The Hall–Kier alpha value is -0.300. The maximum Gasteiger partial charge on any atom is 0.0679 e. The van der Waals surface area contributed by atoms with E-state index in [0.717, 1.165) is 18.9 Å². The number of rotatable bonds is 16. The lowest BCUT2D eigenvalue weighted by Crippen LogP contribution is -2.36. The first-order valence-electron chi connectivity index (χ1n) is 11.4. The average molecular weight is 367 g/mol. The number of allylic oxidation sites excluding steroid dienone is 1. The van der Waals surface area contributed by atoms with Crippen LogP contribution in [0.25, 0.3) is 0 Å². The third kappa shape index (κ3) is 10.8. The summed E-state index contributed by atoms with van der Waals surface area (Å²) in [5, 5.41) is 0. The second-order valence-corrected chi connectivity index (χ2v) is 9.94. The van der Waals surface area contributed by atoms with Gasteiger partial charge in [-0.15, -0.1) is 6.58 Å². The van der Waals surface area contributed by atoms with Crippen molar-refractivity contribution >= 4 is 0 Å². The van der Waals surface area contributed by atoms with Gasteiger partial charge in [0.25, 0.3) is 0 Å². The molecule has 0 spiro atoms. The Morgan fingerprint density at radius 2 is 1.58 bits per heavy atom. The summed E-state index contributed by atoms with van der Waals surface area (Å²) in [5.41, 5.74) is 0.514. The van der Waals surface area contributed by atoms with Crippen LogP contribution in [0.2, 0.25) is 0 Å². The molecule has 0 aliphatic carbocycles. The number of hydrogen-bond acceptors (Lipinski definition) is 1. The molecule has 0 aliphatic heterocycles. The Labute approximate surface area is 166 Å². The molecule has 0 aromatic heterocycles. The van der Waals surface area contributed by atoms with E-state index in [4.69, 9.17) is 4.74 Å². The van der Waals surface area contributed by atoms with Crippen LogP contribution in [0.1, 0.15) is 113 Å². The Balaban J connectivity index is 4.32. The van der Waals surface area contributed by atoms with Gasteiger partial charge in [0.15, 0.2) is 0 Å². The maximum atomic E-state index is 6.29. The fraction of sp³-hybridized carbons (Fsp3) is 0.920. The molecule has 0 heterocycles. The summed E-state index contributed by atoms with van der Waals surface area (Å²) in [6.45, 7) is 23.6. The summed E-state index contributed by atoms with van der Waals surface area (Å²) in [6, 6.07) is 0. The van der Waals surface area contributed by atoms with Crippen LogP contribution in [0.3, 0.4) is 0 Å². The van der Waals surface area contributed by atoms with Crippen LogP contribution >= 0.6 is 0 Å². The summed E-state index contributed by atoms with van der Waals surface area (Å²) in [4.78, 5) is 0. The largest absolute Gasteiger partial charge is 0.375 e. The lowest BCUT2D eigenvalue weighted by atomic mass is 9.76. The Kier molecular flexibility index (Phi) is 12.8. The van der Waals surface area contributed by atoms with Crippen molar-refractivity contribution in [2.24, 2.45) is 23.2 Å². The van der Waals surface area contributed by atoms with E-state index in [0.29, 0.717) is 17.3 Å². The monoisotopic (exact) mass is 366 g/mol. The predicted octanol–water partition coefficient (Wildman–Crippen LogP) is 8.43. The van der Waals surface area contributed by atoms with E-state index in [1.54, 1.807) is 0 Å². The summed E-state index contributed by atoms with van der Waals surface area (Å²) in [7, 11) is 0. The van der Waals surface area contributed by atoms with Crippen molar-refractivity contribution in [3.05, 3.63) is 12.7 Å². The van der Waals surface area contributed by atoms with E-state index in [1.807, 2.05) is 0 Å². The molecular weight excluding hydrogens is 316 g/mol.